The van der Waals surface area contributed by atoms with Gasteiger partial charge in [0.1, 0.15) is 11.5 Å². The third kappa shape index (κ3) is 11.7. The van der Waals surface area contributed by atoms with Gasteiger partial charge < -0.3 is 23.7 Å². The molecule has 1 aromatic rings. The molecule has 0 unspecified atom stereocenters. The summed E-state index contributed by atoms with van der Waals surface area (Å²) in [6.45, 7) is 5.44. The number of benzene rings is 1. The molecule has 0 saturated heterocycles. The van der Waals surface area contributed by atoms with Crippen molar-refractivity contribution in [3.63, 3.8) is 0 Å². The Bertz CT molecular complexity index is 796. The van der Waals surface area contributed by atoms with Crippen LogP contribution in [0, 0.1) is 11.8 Å². The highest BCUT2D eigenvalue weighted by Gasteiger charge is 2.31. The Morgan fingerprint density at radius 1 is 0.750 bits per heavy atom. The Hall–Kier alpha value is -2.87. The van der Waals surface area contributed by atoms with Crippen LogP contribution < -0.4 is 9.47 Å². The van der Waals surface area contributed by atoms with Crippen molar-refractivity contribution < 1.29 is 38.1 Å². The van der Waals surface area contributed by atoms with Gasteiger partial charge in [0.15, 0.2) is 0 Å². The molecule has 1 fully saturated rings. The summed E-state index contributed by atoms with van der Waals surface area (Å²) >= 11 is 0. The number of hydrogen-bond acceptors (Lipinski definition) is 8. The number of rotatable bonds is 17. The lowest BCUT2D eigenvalue weighted by Gasteiger charge is -2.25. The monoisotopic (exact) mass is 504 g/mol. The van der Waals surface area contributed by atoms with Crippen molar-refractivity contribution >= 4 is 17.9 Å². The molecule has 36 heavy (non-hydrogen) atoms. The first kappa shape index (κ1) is 29.4. The maximum absolute atomic E-state index is 12.6. The van der Waals surface area contributed by atoms with Crippen molar-refractivity contribution in [1.82, 2.24) is 0 Å². The first-order valence-electron chi connectivity index (χ1n) is 12.9. The van der Waals surface area contributed by atoms with E-state index in [1.165, 1.54) is 6.08 Å². The molecule has 0 bridgehead atoms. The van der Waals surface area contributed by atoms with E-state index in [0.717, 1.165) is 44.3 Å². The predicted molar refractivity (Wildman–Crippen MR) is 135 cm³/mol. The van der Waals surface area contributed by atoms with Gasteiger partial charge >= 0.3 is 17.9 Å². The van der Waals surface area contributed by atoms with E-state index < -0.39 is 0 Å². The smallest absolute Gasteiger partial charge is 0.330 e. The van der Waals surface area contributed by atoms with Crippen LogP contribution in [0.2, 0.25) is 0 Å². The molecule has 0 heterocycles. The summed E-state index contributed by atoms with van der Waals surface area (Å²) in [6.07, 6.45) is 9.02. The molecule has 8 nitrogen and oxygen atoms in total. The molecule has 0 atom stereocenters. The molecule has 0 aromatic heterocycles. The van der Waals surface area contributed by atoms with Gasteiger partial charge in [0.05, 0.1) is 31.7 Å². The molecular formula is C28H40O8. The highest BCUT2D eigenvalue weighted by molar-refractivity contribution is 5.81. The van der Waals surface area contributed by atoms with E-state index in [4.69, 9.17) is 23.7 Å². The zero-order chi connectivity index (χ0) is 26.0. The number of carbonyl (C=O) groups is 3. The molecule has 0 spiro atoms. The standard InChI is InChI=1S/C28H40O8/c1-3-26(29)34-20-7-5-4-6-19-33-24-14-16-25(17-15-24)36-28(31)23-12-10-22(11-13-23)27(30)35-21-9-8-18-32-2/h3,14-17,22-23H,1,4-13,18-21H2,2H3. The molecule has 1 saturated carbocycles. The Labute approximate surface area is 214 Å². The average molecular weight is 505 g/mol. The number of unbranched alkanes of at least 4 members (excludes halogenated alkanes) is 4. The SMILES string of the molecule is C=CC(=O)OCCCCCCOc1ccc(OC(=O)C2CCC(C(=O)OCCCCOC)CC2)cc1. The quantitative estimate of drug-likeness (QED) is 0.126. The predicted octanol–water partition coefficient (Wildman–Crippen LogP) is 5.04. The molecule has 0 radical (unpaired) electrons. The number of esters is 3. The lowest BCUT2D eigenvalue weighted by molar-refractivity contribution is -0.152. The number of carbonyl (C=O) groups excluding carboxylic acids is 3. The Morgan fingerprint density at radius 2 is 1.28 bits per heavy atom. The van der Waals surface area contributed by atoms with Crippen molar-refractivity contribution in [2.45, 2.75) is 64.2 Å². The van der Waals surface area contributed by atoms with Gasteiger partial charge in [0.25, 0.3) is 0 Å². The van der Waals surface area contributed by atoms with Gasteiger partial charge in [-0.3, -0.25) is 9.59 Å². The van der Waals surface area contributed by atoms with Gasteiger partial charge in [0, 0.05) is 19.8 Å². The molecule has 8 heteroatoms. The third-order valence-electron chi connectivity index (χ3n) is 6.14. The van der Waals surface area contributed by atoms with Crippen LogP contribution in [0.1, 0.15) is 64.2 Å². The molecule has 1 aromatic carbocycles. The lowest BCUT2D eigenvalue weighted by Crippen LogP contribution is -2.29. The molecule has 1 aliphatic carbocycles. The summed E-state index contributed by atoms with van der Waals surface area (Å²) in [5, 5.41) is 0. The Balaban J connectivity index is 1.58. The fraction of sp³-hybridized carbons (Fsp3) is 0.607. The van der Waals surface area contributed by atoms with Crippen LogP contribution in [0.25, 0.3) is 0 Å². The largest absolute Gasteiger partial charge is 0.494 e. The van der Waals surface area contributed by atoms with E-state index in [1.54, 1.807) is 31.4 Å². The average Bonchev–Trinajstić information content (AvgIpc) is 2.90. The highest BCUT2D eigenvalue weighted by Crippen LogP contribution is 2.31. The molecule has 0 N–H and O–H groups in total. The molecule has 1 aliphatic rings. The van der Waals surface area contributed by atoms with Crippen LogP contribution in [0.5, 0.6) is 11.5 Å². The van der Waals surface area contributed by atoms with Gasteiger partial charge in [-0.1, -0.05) is 6.58 Å². The lowest BCUT2D eigenvalue weighted by atomic mass is 9.82. The summed E-state index contributed by atoms with van der Waals surface area (Å²) in [7, 11) is 1.65. The van der Waals surface area contributed by atoms with Crippen molar-refractivity contribution in [2.75, 3.05) is 33.5 Å². The summed E-state index contributed by atoms with van der Waals surface area (Å²) in [6, 6.07) is 7.04. The van der Waals surface area contributed by atoms with Crippen molar-refractivity contribution in [1.29, 1.82) is 0 Å². The van der Waals surface area contributed by atoms with Gasteiger partial charge in [-0.25, -0.2) is 4.79 Å². The van der Waals surface area contributed by atoms with Crippen LogP contribution in [0.4, 0.5) is 0 Å². The maximum Gasteiger partial charge on any atom is 0.330 e. The minimum Gasteiger partial charge on any atom is -0.494 e. The molecule has 0 aliphatic heterocycles. The highest BCUT2D eigenvalue weighted by atomic mass is 16.5. The van der Waals surface area contributed by atoms with Crippen LogP contribution in [0.3, 0.4) is 0 Å². The second-order valence-corrected chi connectivity index (χ2v) is 8.94. The summed E-state index contributed by atoms with van der Waals surface area (Å²) < 4.78 is 26.6. The van der Waals surface area contributed by atoms with E-state index in [2.05, 4.69) is 6.58 Å². The van der Waals surface area contributed by atoms with E-state index >= 15 is 0 Å². The summed E-state index contributed by atoms with van der Waals surface area (Å²) in [4.78, 5) is 35.7. The summed E-state index contributed by atoms with van der Waals surface area (Å²) in [5.74, 6) is 0.0596. The van der Waals surface area contributed by atoms with Crippen molar-refractivity contribution in [3.05, 3.63) is 36.9 Å². The number of ether oxygens (including phenoxy) is 5. The van der Waals surface area contributed by atoms with Gasteiger partial charge in [-0.05, 0) is 88.5 Å². The number of hydrogen-bond donors (Lipinski definition) is 0. The van der Waals surface area contributed by atoms with Crippen molar-refractivity contribution in [2.24, 2.45) is 11.8 Å². The normalized spacial score (nSPS) is 17.1. The van der Waals surface area contributed by atoms with Crippen LogP contribution in [0.15, 0.2) is 36.9 Å². The minimum absolute atomic E-state index is 0.136. The van der Waals surface area contributed by atoms with E-state index in [9.17, 15) is 14.4 Å². The first-order chi connectivity index (χ1) is 17.5. The first-order valence-corrected chi connectivity index (χ1v) is 12.9. The molecule has 2 rings (SSSR count). The van der Waals surface area contributed by atoms with E-state index in [0.29, 0.717) is 57.9 Å². The maximum atomic E-state index is 12.6. The van der Waals surface area contributed by atoms with Gasteiger partial charge in [0.2, 0.25) is 0 Å². The minimum atomic E-state index is -0.387. The zero-order valence-electron chi connectivity index (χ0n) is 21.4. The zero-order valence-corrected chi connectivity index (χ0v) is 21.4. The molecule has 200 valence electrons. The van der Waals surface area contributed by atoms with E-state index in [-0.39, 0.29) is 29.7 Å². The number of methoxy groups -OCH3 is 1. The molecule has 0 amide bonds. The topological polar surface area (TPSA) is 97.4 Å². The second kappa shape index (κ2) is 17.5. The molecular weight excluding hydrogens is 464 g/mol. The Kier molecular flexibility index (Phi) is 14.3. The fourth-order valence-electron chi connectivity index (χ4n) is 3.99. The van der Waals surface area contributed by atoms with E-state index in [1.807, 2.05) is 0 Å². The van der Waals surface area contributed by atoms with Gasteiger partial charge in [-0.15, -0.1) is 0 Å². The third-order valence-corrected chi connectivity index (χ3v) is 6.14. The van der Waals surface area contributed by atoms with Crippen molar-refractivity contribution in [3.8, 4) is 11.5 Å². The summed E-state index contributed by atoms with van der Waals surface area (Å²) in [5.41, 5.74) is 0. The van der Waals surface area contributed by atoms with Gasteiger partial charge in [-0.2, -0.15) is 0 Å². The fourth-order valence-corrected chi connectivity index (χ4v) is 3.99. The van der Waals surface area contributed by atoms with Crippen LogP contribution >= 0.6 is 0 Å². The Morgan fingerprint density at radius 3 is 1.92 bits per heavy atom. The van der Waals surface area contributed by atoms with Crippen LogP contribution in [-0.4, -0.2) is 51.4 Å². The van der Waals surface area contributed by atoms with Crippen LogP contribution in [-0.2, 0) is 28.6 Å². The second-order valence-electron chi connectivity index (χ2n) is 8.94.